The first-order chi connectivity index (χ1) is 10.2. The topological polar surface area (TPSA) is 74.2 Å². The van der Waals surface area contributed by atoms with Gasteiger partial charge in [0.05, 0.1) is 13.2 Å². The fourth-order valence-corrected chi connectivity index (χ4v) is 1.48. The summed E-state index contributed by atoms with van der Waals surface area (Å²) in [5.41, 5.74) is 0.672. The van der Waals surface area contributed by atoms with Gasteiger partial charge in [0.2, 0.25) is 0 Å². The number of carbonyl (C=O) groups excluding carboxylic acids is 2. The minimum Gasteiger partial charge on any atom is -0.481 e. The molecule has 0 saturated carbocycles. The third kappa shape index (κ3) is 6.56. The van der Waals surface area contributed by atoms with Gasteiger partial charge in [-0.2, -0.15) is 0 Å². The maximum Gasteiger partial charge on any atom is 0.344 e. The molecule has 0 bridgehead atoms. The van der Waals surface area contributed by atoms with E-state index in [-0.39, 0.29) is 13.2 Å². The summed E-state index contributed by atoms with van der Waals surface area (Å²) in [4.78, 5) is 26.4. The van der Waals surface area contributed by atoms with E-state index in [0.29, 0.717) is 24.5 Å². The number of carbonyl (C=O) groups is 2. The van der Waals surface area contributed by atoms with Crippen molar-refractivity contribution in [3.63, 3.8) is 0 Å². The molecule has 0 N–H and O–H groups in total. The molecule has 0 aliphatic heterocycles. The van der Waals surface area contributed by atoms with Crippen LogP contribution in [0, 0.1) is 0 Å². The quantitative estimate of drug-likeness (QED) is 0.538. The number of aliphatic imine (C=N–C) groups is 1. The number of ether oxygens (including phenoxy) is 3. The maximum atomic E-state index is 11.3. The van der Waals surface area contributed by atoms with Gasteiger partial charge in [-0.15, -0.1) is 0 Å². The summed E-state index contributed by atoms with van der Waals surface area (Å²) in [5.74, 6) is -0.326. The molecule has 1 aromatic carbocycles. The van der Waals surface area contributed by atoms with Crippen LogP contribution in [-0.2, 0) is 19.1 Å². The molecule has 21 heavy (non-hydrogen) atoms. The summed E-state index contributed by atoms with van der Waals surface area (Å²) < 4.78 is 14.9. The minimum atomic E-state index is -0.434. The summed E-state index contributed by atoms with van der Waals surface area (Å²) >= 11 is 0. The lowest BCUT2D eigenvalue weighted by Gasteiger charge is -2.08. The Bertz CT molecular complexity index is 499. The Balaban J connectivity index is 2.60. The Morgan fingerprint density at radius 1 is 1.10 bits per heavy atom. The third-order valence-electron chi connectivity index (χ3n) is 2.33. The second-order valence-electron chi connectivity index (χ2n) is 3.91. The molecule has 0 aromatic heterocycles. The van der Waals surface area contributed by atoms with Crippen LogP contribution in [0.25, 0.3) is 0 Å². The average Bonchev–Trinajstić information content (AvgIpc) is 2.47. The van der Waals surface area contributed by atoms with Crippen molar-refractivity contribution < 1.29 is 23.8 Å². The summed E-state index contributed by atoms with van der Waals surface area (Å²) in [7, 11) is 0. The van der Waals surface area contributed by atoms with Crippen LogP contribution in [0.2, 0.25) is 0 Å². The smallest absolute Gasteiger partial charge is 0.344 e. The zero-order chi connectivity index (χ0) is 15.5. The van der Waals surface area contributed by atoms with Crippen LogP contribution in [0.1, 0.15) is 19.4 Å². The Morgan fingerprint density at radius 3 is 2.48 bits per heavy atom. The second-order valence-corrected chi connectivity index (χ2v) is 3.91. The van der Waals surface area contributed by atoms with E-state index in [0.717, 1.165) is 0 Å². The highest BCUT2D eigenvalue weighted by molar-refractivity contribution is 5.85. The van der Waals surface area contributed by atoms with E-state index in [1.54, 1.807) is 32.0 Å². The van der Waals surface area contributed by atoms with Crippen LogP contribution in [0.5, 0.6) is 5.75 Å². The highest BCUT2D eigenvalue weighted by atomic mass is 16.6. The summed E-state index contributed by atoms with van der Waals surface area (Å²) in [5, 5.41) is 0. The van der Waals surface area contributed by atoms with Crippen LogP contribution < -0.4 is 4.74 Å². The van der Waals surface area contributed by atoms with Crippen LogP contribution in [0.15, 0.2) is 29.3 Å². The number of rotatable bonds is 8. The number of nitrogens with zero attached hydrogens (tertiary/aromatic N) is 1. The Labute approximate surface area is 123 Å². The van der Waals surface area contributed by atoms with E-state index in [2.05, 4.69) is 4.99 Å². The van der Waals surface area contributed by atoms with E-state index in [1.807, 2.05) is 6.07 Å². The highest BCUT2D eigenvalue weighted by Gasteiger charge is 2.06. The van der Waals surface area contributed by atoms with E-state index < -0.39 is 11.9 Å². The first-order valence-corrected chi connectivity index (χ1v) is 6.70. The van der Waals surface area contributed by atoms with Gasteiger partial charge in [0.15, 0.2) is 6.61 Å². The molecule has 0 heterocycles. The van der Waals surface area contributed by atoms with Crippen molar-refractivity contribution in [2.24, 2.45) is 4.99 Å². The van der Waals surface area contributed by atoms with Crippen molar-refractivity contribution in [3.05, 3.63) is 29.8 Å². The lowest BCUT2D eigenvalue weighted by Crippen LogP contribution is -2.15. The molecule has 0 spiro atoms. The molecular formula is C15H19NO5. The molecule has 0 amide bonds. The van der Waals surface area contributed by atoms with Crippen molar-refractivity contribution in [1.82, 2.24) is 0 Å². The zero-order valence-corrected chi connectivity index (χ0v) is 12.2. The molecule has 114 valence electrons. The fourth-order valence-electron chi connectivity index (χ4n) is 1.48. The summed E-state index contributed by atoms with van der Waals surface area (Å²) in [6, 6.07) is 7.08. The Morgan fingerprint density at radius 2 is 1.76 bits per heavy atom. The lowest BCUT2D eigenvalue weighted by atomic mass is 10.2. The second kappa shape index (κ2) is 9.52. The van der Waals surface area contributed by atoms with Crippen LogP contribution in [0.3, 0.4) is 0 Å². The number of benzene rings is 1. The van der Waals surface area contributed by atoms with Gasteiger partial charge in [0, 0.05) is 11.8 Å². The summed E-state index contributed by atoms with van der Waals surface area (Å²) in [6.45, 7) is 3.88. The van der Waals surface area contributed by atoms with E-state index in [4.69, 9.17) is 14.2 Å². The largest absolute Gasteiger partial charge is 0.481 e. The predicted octanol–water partition coefficient (Wildman–Crippen LogP) is 1.61. The average molecular weight is 293 g/mol. The molecular weight excluding hydrogens is 274 g/mol. The number of hydrogen-bond acceptors (Lipinski definition) is 6. The molecule has 0 radical (unpaired) electrons. The number of hydrogen-bond donors (Lipinski definition) is 0. The molecule has 6 nitrogen and oxygen atoms in total. The predicted molar refractivity (Wildman–Crippen MR) is 77.7 cm³/mol. The molecule has 0 atom stereocenters. The molecule has 6 heteroatoms. The van der Waals surface area contributed by atoms with Gasteiger partial charge in [0.25, 0.3) is 0 Å². The molecule has 0 unspecified atom stereocenters. The van der Waals surface area contributed by atoms with E-state index in [9.17, 15) is 9.59 Å². The van der Waals surface area contributed by atoms with Crippen LogP contribution >= 0.6 is 0 Å². The van der Waals surface area contributed by atoms with Gasteiger partial charge in [0.1, 0.15) is 12.3 Å². The molecule has 1 rings (SSSR count). The van der Waals surface area contributed by atoms with Gasteiger partial charge in [-0.05, 0) is 26.0 Å². The molecule has 0 fully saturated rings. The van der Waals surface area contributed by atoms with Crippen molar-refractivity contribution in [2.45, 2.75) is 13.8 Å². The Hall–Kier alpha value is -2.37. The standard InChI is InChI=1S/C15H19NO5/c1-3-19-14(17)10-16-9-12-7-5-6-8-13(12)21-11-15(18)20-4-2/h5-9H,3-4,10-11H2,1-2H3/b16-9+. The number of para-hydroxylation sites is 1. The van der Waals surface area contributed by atoms with Crippen molar-refractivity contribution >= 4 is 18.2 Å². The van der Waals surface area contributed by atoms with Gasteiger partial charge in [-0.1, -0.05) is 12.1 Å². The van der Waals surface area contributed by atoms with Gasteiger partial charge in [-0.3, -0.25) is 9.79 Å². The first-order valence-electron chi connectivity index (χ1n) is 6.70. The normalized spacial score (nSPS) is 10.4. The maximum absolute atomic E-state index is 11.3. The monoisotopic (exact) mass is 293 g/mol. The van der Waals surface area contributed by atoms with E-state index in [1.165, 1.54) is 6.21 Å². The molecule has 0 aliphatic rings. The summed E-state index contributed by atoms with van der Waals surface area (Å²) in [6.07, 6.45) is 1.51. The van der Waals surface area contributed by atoms with Crippen molar-refractivity contribution in [1.29, 1.82) is 0 Å². The highest BCUT2D eigenvalue weighted by Crippen LogP contribution is 2.15. The lowest BCUT2D eigenvalue weighted by molar-refractivity contribution is -0.145. The van der Waals surface area contributed by atoms with Crippen molar-refractivity contribution in [2.75, 3.05) is 26.4 Å². The first kappa shape index (κ1) is 16.7. The SMILES string of the molecule is CCOC(=O)C/N=C/c1ccccc1OCC(=O)OCC. The minimum absolute atomic E-state index is 0.0555. The van der Waals surface area contributed by atoms with Crippen LogP contribution in [-0.4, -0.2) is 44.5 Å². The van der Waals surface area contributed by atoms with Gasteiger partial charge in [-0.25, -0.2) is 4.79 Å². The molecule has 0 saturated heterocycles. The fraction of sp³-hybridized carbons (Fsp3) is 0.400. The molecule has 0 aliphatic carbocycles. The van der Waals surface area contributed by atoms with Gasteiger partial charge < -0.3 is 14.2 Å². The number of esters is 2. The Kier molecular flexibility index (Phi) is 7.56. The van der Waals surface area contributed by atoms with Crippen LogP contribution in [0.4, 0.5) is 0 Å². The zero-order valence-electron chi connectivity index (χ0n) is 12.2. The van der Waals surface area contributed by atoms with E-state index >= 15 is 0 Å². The van der Waals surface area contributed by atoms with Crippen molar-refractivity contribution in [3.8, 4) is 5.75 Å². The van der Waals surface area contributed by atoms with Gasteiger partial charge >= 0.3 is 11.9 Å². The molecule has 1 aromatic rings. The third-order valence-corrected chi connectivity index (χ3v) is 2.33.